The van der Waals surface area contributed by atoms with E-state index in [0.717, 1.165) is 4.90 Å². The van der Waals surface area contributed by atoms with Crippen LogP contribution < -0.4 is 15.4 Å². The van der Waals surface area contributed by atoms with Gasteiger partial charge in [-0.1, -0.05) is 32.9 Å². The molecule has 2 atom stereocenters. The summed E-state index contributed by atoms with van der Waals surface area (Å²) in [4.78, 5) is 40.7. The molecule has 3 rings (SSSR count). The fraction of sp³-hybridized carbons (Fsp3) is 0.464. The smallest absolute Gasteiger partial charge is 0.325 e. The molecular formula is C28H35FIN3O5. The van der Waals surface area contributed by atoms with Crippen LogP contribution in [0.4, 0.5) is 14.9 Å². The molecule has 0 radical (unpaired) electrons. The maximum Gasteiger partial charge on any atom is 0.325 e. The van der Waals surface area contributed by atoms with E-state index in [2.05, 4.69) is 10.6 Å². The Balaban J connectivity index is 1.75. The van der Waals surface area contributed by atoms with Crippen molar-refractivity contribution in [2.24, 2.45) is 5.41 Å². The van der Waals surface area contributed by atoms with Crippen molar-refractivity contribution in [3.8, 4) is 5.75 Å². The average Bonchev–Trinajstić information content (AvgIpc) is 3.10. The van der Waals surface area contributed by atoms with Crippen LogP contribution in [0.2, 0.25) is 0 Å². The maximum atomic E-state index is 14.4. The summed E-state index contributed by atoms with van der Waals surface area (Å²) in [6.07, 6.45) is 0.195. The highest BCUT2D eigenvalue weighted by Gasteiger charge is 2.46. The van der Waals surface area contributed by atoms with Crippen LogP contribution in [0.5, 0.6) is 5.75 Å². The van der Waals surface area contributed by atoms with E-state index in [1.54, 1.807) is 30.3 Å². The topological polar surface area (TPSA) is 97.0 Å². The zero-order valence-corrected chi connectivity index (χ0v) is 24.7. The van der Waals surface area contributed by atoms with Gasteiger partial charge in [-0.05, 0) is 91.1 Å². The average molecular weight is 640 g/mol. The lowest BCUT2D eigenvalue weighted by Gasteiger charge is -2.30. The normalized spacial score (nSPS) is 16.8. The van der Waals surface area contributed by atoms with E-state index in [1.165, 1.54) is 12.1 Å². The monoisotopic (exact) mass is 639 g/mol. The highest BCUT2D eigenvalue weighted by atomic mass is 127. The van der Waals surface area contributed by atoms with E-state index >= 15 is 0 Å². The number of carbonyl (C=O) groups is 3. The number of benzene rings is 2. The summed E-state index contributed by atoms with van der Waals surface area (Å²) in [5, 5.41) is 5.24. The number of hydrogen-bond donors (Lipinski definition) is 2. The molecule has 0 unspecified atom stereocenters. The van der Waals surface area contributed by atoms with Gasteiger partial charge in [0.25, 0.3) is 5.91 Å². The van der Waals surface area contributed by atoms with Crippen molar-refractivity contribution < 1.29 is 28.2 Å². The summed E-state index contributed by atoms with van der Waals surface area (Å²) in [5.74, 6) is -1.17. The molecule has 0 saturated carbocycles. The van der Waals surface area contributed by atoms with Gasteiger partial charge in [-0.2, -0.15) is 0 Å². The third kappa shape index (κ3) is 8.13. The molecule has 0 aliphatic carbocycles. The third-order valence-electron chi connectivity index (χ3n) is 5.68. The molecular weight excluding hydrogens is 604 g/mol. The van der Waals surface area contributed by atoms with E-state index in [1.807, 2.05) is 64.1 Å². The Bertz CT molecular complexity index is 1170. The number of carbonyl (C=O) groups excluding carboxylic acids is 3. The summed E-state index contributed by atoms with van der Waals surface area (Å²) in [6.45, 7) is 12.4. The standard InChI is InChI=1S/C28H35FIN3O5/c1-27(2,3)16-22(24(34)31-21-12-9-18(30)15-20(21)29)33-25(35)23(32-26(33)36)17-7-10-19(11-8-17)37-13-14-38-28(4,5)6/h7-12,15,22-23H,13-14,16H2,1-6H3,(H,31,34)(H,32,36)/t22-,23+/m0/s1. The third-order valence-corrected chi connectivity index (χ3v) is 6.35. The zero-order valence-electron chi connectivity index (χ0n) is 22.6. The number of anilines is 1. The van der Waals surface area contributed by atoms with Gasteiger partial charge in [0.2, 0.25) is 5.91 Å². The predicted molar refractivity (Wildman–Crippen MR) is 151 cm³/mol. The Labute approximate surface area is 236 Å². The molecule has 4 amide bonds. The minimum absolute atomic E-state index is 0.0126. The van der Waals surface area contributed by atoms with Gasteiger partial charge in [-0.3, -0.25) is 9.59 Å². The number of rotatable bonds is 9. The van der Waals surface area contributed by atoms with Crippen LogP contribution in [0.1, 0.15) is 59.6 Å². The molecule has 38 heavy (non-hydrogen) atoms. The lowest BCUT2D eigenvalue weighted by molar-refractivity contribution is -0.134. The highest BCUT2D eigenvalue weighted by Crippen LogP contribution is 2.31. The molecule has 206 valence electrons. The van der Waals surface area contributed by atoms with Crippen molar-refractivity contribution in [3.05, 3.63) is 57.4 Å². The van der Waals surface area contributed by atoms with Crippen molar-refractivity contribution in [2.75, 3.05) is 18.5 Å². The quantitative estimate of drug-likeness (QED) is 0.210. The number of urea groups is 1. The molecule has 2 aromatic carbocycles. The number of nitrogens with zero attached hydrogens (tertiary/aromatic N) is 1. The van der Waals surface area contributed by atoms with E-state index < -0.39 is 41.2 Å². The van der Waals surface area contributed by atoms with Gasteiger partial charge in [0.1, 0.15) is 30.3 Å². The molecule has 2 aromatic rings. The van der Waals surface area contributed by atoms with Crippen molar-refractivity contribution in [3.63, 3.8) is 0 Å². The first-order chi connectivity index (χ1) is 17.6. The van der Waals surface area contributed by atoms with Gasteiger partial charge in [0.15, 0.2) is 0 Å². The van der Waals surface area contributed by atoms with Crippen molar-refractivity contribution in [1.29, 1.82) is 0 Å². The molecule has 0 bridgehead atoms. The molecule has 1 heterocycles. The molecule has 10 heteroatoms. The van der Waals surface area contributed by atoms with Crippen LogP contribution in [-0.4, -0.2) is 47.6 Å². The molecule has 1 saturated heterocycles. The number of hydrogen-bond acceptors (Lipinski definition) is 5. The minimum atomic E-state index is -1.13. The van der Waals surface area contributed by atoms with Gasteiger partial charge in [0, 0.05) is 3.57 Å². The lowest BCUT2D eigenvalue weighted by atomic mass is 9.87. The Morgan fingerprint density at radius 2 is 1.74 bits per heavy atom. The summed E-state index contributed by atoms with van der Waals surface area (Å²) in [5.41, 5.74) is -0.110. The zero-order chi connectivity index (χ0) is 28.3. The summed E-state index contributed by atoms with van der Waals surface area (Å²) < 4.78 is 26.4. The minimum Gasteiger partial charge on any atom is -0.491 e. The van der Waals surface area contributed by atoms with Gasteiger partial charge >= 0.3 is 6.03 Å². The van der Waals surface area contributed by atoms with Crippen LogP contribution in [0, 0.1) is 14.8 Å². The fourth-order valence-corrected chi connectivity index (χ4v) is 4.42. The van der Waals surface area contributed by atoms with Crippen LogP contribution in [0.3, 0.4) is 0 Å². The van der Waals surface area contributed by atoms with E-state index in [9.17, 15) is 18.8 Å². The SMILES string of the molecule is CC(C)(C)C[C@@H](C(=O)Nc1ccc(I)cc1F)N1C(=O)N[C@H](c2ccc(OCCOC(C)(C)C)cc2)C1=O. The Morgan fingerprint density at radius 3 is 2.32 bits per heavy atom. The number of halogens is 2. The molecule has 1 fully saturated rings. The van der Waals surface area contributed by atoms with Crippen LogP contribution in [0.15, 0.2) is 42.5 Å². The Hall–Kier alpha value is -2.73. The van der Waals surface area contributed by atoms with Crippen molar-refractivity contribution >= 4 is 46.1 Å². The van der Waals surface area contributed by atoms with Gasteiger partial charge in [0.05, 0.1) is 17.9 Å². The predicted octanol–water partition coefficient (Wildman–Crippen LogP) is 5.66. The first-order valence-electron chi connectivity index (χ1n) is 12.4. The van der Waals surface area contributed by atoms with Crippen molar-refractivity contribution in [1.82, 2.24) is 10.2 Å². The maximum absolute atomic E-state index is 14.4. The fourth-order valence-electron chi connectivity index (χ4n) is 3.97. The Morgan fingerprint density at radius 1 is 1.08 bits per heavy atom. The number of ether oxygens (including phenoxy) is 2. The van der Waals surface area contributed by atoms with Gasteiger partial charge in [-0.25, -0.2) is 14.1 Å². The lowest BCUT2D eigenvalue weighted by Crippen LogP contribution is -2.49. The second-order valence-electron chi connectivity index (χ2n) is 11.4. The second kappa shape index (κ2) is 12.0. The number of amides is 4. The first kappa shape index (κ1) is 29.8. The molecule has 8 nitrogen and oxygen atoms in total. The van der Waals surface area contributed by atoms with Crippen LogP contribution in [-0.2, 0) is 14.3 Å². The second-order valence-corrected chi connectivity index (χ2v) is 12.6. The van der Waals surface area contributed by atoms with Gasteiger partial charge in [-0.15, -0.1) is 0 Å². The number of nitrogens with one attached hydrogen (secondary N) is 2. The largest absolute Gasteiger partial charge is 0.491 e. The summed E-state index contributed by atoms with van der Waals surface area (Å²) >= 11 is 1.97. The molecule has 1 aliphatic rings. The highest BCUT2D eigenvalue weighted by molar-refractivity contribution is 14.1. The molecule has 2 N–H and O–H groups in total. The van der Waals surface area contributed by atoms with Crippen LogP contribution >= 0.6 is 22.6 Å². The molecule has 0 aromatic heterocycles. The van der Waals surface area contributed by atoms with E-state index in [0.29, 0.717) is 28.1 Å². The summed E-state index contributed by atoms with van der Waals surface area (Å²) in [7, 11) is 0. The van der Waals surface area contributed by atoms with E-state index in [-0.39, 0.29) is 17.7 Å². The van der Waals surface area contributed by atoms with E-state index in [4.69, 9.17) is 9.47 Å². The number of imide groups is 1. The van der Waals surface area contributed by atoms with Crippen molar-refractivity contribution in [2.45, 2.75) is 65.6 Å². The summed E-state index contributed by atoms with van der Waals surface area (Å²) in [6, 6.07) is 8.49. The Kier molecular flexibility index (Phi) is 9.40. The molecule has 0 spiro atoms. The van der Waals surface area contributed by atoms with Gasteiger partial charge < -0.3 is 20.1 Å². The first-order valence-corrected chi connectivity index (χ1v) is 13.5. The molecule has 1 aliphatic heterocycles. The van der Waals surface area contributed by atoms with Crippen LogP contribution in [0.25, 0.3) is 0 Å².